The number of hydrogen-bond acceptors (Lipinski definition) is 6. The number of fused-ring (bicyclic) bond motifs is 3. The van der Waals surface area contributed by atoms with Crippen molar-refractivity contribution in [1.29, 1.82) is 0 Å². The summed E-state index contributed by atoms with van der Waals surface area (Å²) in [6.07, 6.45) is 8.10. The molecule has 0 fully saturated rings. The van der Waals surface area contributed by atoms with Crippen molar-refractivity contribution in [3.05, 3.63) is 44.8 Å². The van der Waals surface area contributed by atoms with Gasteiger partial charge >= 0.3 is 6.03 Å². The highest BCUT2D eigenvalue weighted by Gasteiger charge is 2.29. The number of oxime groups is 1. The molecule has 5 rings (SSSR count). The molecule has 0 saturated heterocycles. The van der Waals surface area contributed by atoms with Gasteiger partial charge in [0.25, 0.3) is 10.0 Å². The van der Waals surface area contributed by atoms with Crippen LogP contribution in [0.1, 0.15) is 58.4 Å². The molecule has 0 radical (unpaired) electrons. The van der Waals surface area contributed by atoms with Gasteiger partial charge in [-0.15, -0.1) is 11.3 Å². The van der Waals surface area contributed by atoms with Crippen molar-refractivity contribution in [2.24, 2.45) is 5.16 Å². The van der Waals surface area contributed by atoms with Crippen LogP contribution in [0.4, 0.5) is 10.5 Å². The summed E-state index contributed by atoms with van der Waals surface area (Å²) in [6.45, 7) is 0. The molecule has 158 valence electrons. The number of thiophene rings is 1. The number of carbonyl (C=O) groups excluding carboxylic acids is 1. The Morgan fingerprint density at radius 2 is 1.63 bits per heavy atom. The maximum atomic E-state index is 12.8. The Morgan fingerprint density at radius 3 is 2.30 bits per heavy atom. The van der Waals surface area contributed by atoms with E-state index in [4.69, 9.17) is 0 Å². The van der Waals surface area contributed by atoms with Gasteiger partial charge in [-0.1, -0.05) is 11.2 Å². The second kappa shape index (κ2) is 7.39. The zero-order chi connectivity index (χ0) is 20.9. The van der Waals surface area contributed by atoms with Crippen LogP contribution in [-0.4, -0.2) is 25.4 Å². The fraction of sp³-hybridized carbons (Fsp3) is 0.429. The van der Waals surface area contributed by atoms with Crippen LogP contribution in [0, 0.1) is 0 Å². The number of hydrogen-bond donors (Lipinski definition) is 3. The Hall–Kier alpha value is -2.39. The maximum absolute atomic E-state index is 12.8. The van der Waals surface area contributed by atoms with Gasteiger partial charge in [0.15, 0.2) is 0 Å². The third-order valence-electron chi connectivity index (χ3n) is 6.24. The van der Waals surface area contributed by atoms with Gasteiger partial charge in [0.2, 0.25) is 0 Å². The van der Waals surface area contributed by atoms with Crippen LogP contribution in [-0.2, 0) is 42.1 Å². The Kier molecular flexibility index (Phi) is 4.82. The molecule has 1 aromatic heterocycles. The summed E-state index contributed by atoms with van der Waals surface area (Å²) in [7, 11) is -4.01. The summed E-state index contributed by atoms with van der Waals surface area (Å²) >= 11 is 1.13. The van der Waals surface area contributed by atoms with E-state index in [-0.39, 0.29) is 4.21 Å². The van der Waals surface area contributed by atoms with Gasteiger partial charge in [0.05, 0.1) is 5.71 Å². The van der Waals surface area contributed by atoms with Crippen molar-refractivity contribution >= 4 is 38.8 Å². The summed E-state index contributed by atoms with van der Waals surface area (Å²) in [5.41, 5.74) is 6.82. The molecule has 2 amide bonds. The Bertz CT molecular complexity index is 1150. The van der Waals surface area contributed by atoms with E-state index >= 15 is 0 Å². The smallest absolute Gasteiger partial charge is 0.333 e. The number of nitrogens with zero attached hydrogens (tertiary/aromatic N) is 1. The molecule has 0 saturated carbocycles. The standard InChI is InChI=1S/C21H23N3O4S2/c25-21(22-20-14-6-1-4-12(14)10-13-5-2-7-15(13)20)24-30(27,28)19-11-16-17(23-26)8-3-9-18(16)29-19/h10-11,26H,1-9H2,(H2,22,24,25)/b23-17-. The minimum Gasteiger partial charge on any atom is -0.411 e. The summed E-state index contributed by atoms with van der Waals surface area (Å²) in [6, 6.07) is 3.04. The lowest BCUT2D eigenvalue weighted by molar-refractivity contribution is 0.256. The summed E-state index contributed by atoms with van der Waals surface area (Å²) in [5, 5.41) is 15.3. The van der Waals surface area contributed by atoms with Gasteiger partial charge in [0.1, 0.15) is 4.21 Å². The lowest BCUT2D eigenvalue weighted by Crippen LogP contribution is -2.34. The van der Waals surface area contributed by atoms with Gasteiger partial charge in [-0.25, -0.2) is 17.9 Å². The van der Waals surface area contributed by atoms with Gasteiger partial charge in [-0.2, -0.15) is 0 Å². The van der Waals surface area contributed by atoms with Crippen LogP contribution < -0.4 is 10.0 Å². The van der Waals surface area contributed by atoms with Crippen molar-refractivity contribution in [2.45, 2.75) is 62.0 Å². The van der Waals surface area contributed by atoms with Gasteiger partial charge in [-0.3, -0.25) is 0 Å². The second-order valence-corrected chi connectivity index (χ2v) is 11.1. The number of aryl methyl sites for hydroxylation is 3. The fourth-order valence-corrected chi connectivity index (χ4v) is 7.39. The number of urea groups is 1. The van der Waals surface area contributed by atoms with E-state index in [1.807, 2.05) is 0 Å². The number of nitrogens with one attached hydrogen (secondary N) is 2. The normalized spacial score (nSPS) is 18.7. The molecule has 2 aromatic rings. The van der Waals surface area contributed by atoms with Gasteiger partial charge in [0, 0.05) is 16.1 Å². The fourth-order valence-electron chi connectivity index (χ4n) is 4.90. The first-order valence-electron chi connectivity index (χ1n) is 10.3. The highest BCUT2D eigenvalue weighted by molar-refractivity contribution is 7.92. The van der Waals surface area contributed by atoms with E-state index in [0.717, 1.165) is 84.4 Å². The predicted octanol–water partition coefficient (Wildman–Crippen LogP) is 3.75. The summed E-state index contributed by atoms with van der Waals surface area (Å²) in [5.74, 6) is 0. The van der Waals surface area contributed by atoms with Crippen LogP contribution in [0.3, 0.4) is 0 Å². The molecule has 0 unspecified atom stereocenters. The number of benzene rings is 1. The van der Waals surface area contributed by atoms with E-state index in [1.54, 1.807) is 0 Å². The van der Waals surface area contributed by atoms with Crippen molar-refractivity contribution in [1.82, 2.24) is 4.72 Å². The molecule has 3 N–H and O–H groups in total. The first kappa shape index (κ1) is 19.6. The predicted molar refractivity (Wildman–Crippen MR) is 115 cm³/mol. The number of amides is 2. The topological polar surface area (TPSA) is 108 Å². The van der Waals surface area contributed by atoms with Crippen LogP contribution >= 0.6 is 11.3 Å². The molecule has 7 nitrogen and oxygen atoms in total. The number of anilines is 1. The molecule has 1 aromatic carbocycles. The minimum atomic E-state index is -4.01. The first-order valence-corrected chi connectivity index (χ1v) is 12.6. The molecule has 3 aliphatic carbocycles. The van der Waals surface area contributed by atoms with Crippen molar-refractivity contribution in [2.75, 3.05) is 5.32 Å². The molecule has 30 heavy (non-hydrogen) atoms. The molecule has 3 aliphatic rings. The summed E-state index contributed by atoms with van der Waals surface area (Å²) < 4.78 is 27.9. The average molecular weight is 446 g/mol. The van der Waals surface area contributed by atoms with Gasteiger partial charge < -0.3 is 10.5 Å². The van der Waals surface area contributed by atoms with Crippen LogP contribution in [0.5, 0.6) is 0 Å². The first-order chi connectivity index (χ1) is 14.5. The summed E-state index contributed by atoms with van der Waals surface area (Å²) in [4.78, 5) is 13.6. The minimum absolute atomic E-state index is 0.0641. The lowest BCUT2D eigenvalue weighted by atomic mass is 9.97. The van der Waals surface area contributed by atoms with Crippen LogP contribution in [0.25, 0.3) is 0 Å². The van der Waals surface area contributed by atoms with E-state index in [0.29, 0.717) is 17.7 Å². The quantitative estimate of drug-likeness (QED) is 0.494. The third kappa shape index (κ3) is 3.30. The Labute approximate surface area is 179 Å². The molecule has 0 spiro atoms. The third-order valence-corrected chi connectivity index (χ3v) is 9.24. The SMILES string of the molecule is O=C(Nc1c2c(cc3c1CCC3)CCC2)NS(=O)(=O)c1cc2c(s1)CCC/C2=N/O. The molecule has 0 bridgehead atoms. The molecular formula is C21H23N3O4S2. The molecule has 1 heterocycles. The largest absolute Gasteiger partial charge is 0.411 e. The zero-order valence-corrected chi connectivity index (χ0v) is 18.1. The Morgan fingerprint density at radius 1 is 0.967 bits per heavy atom. The number of rotatable bonds is 3. The highest BCUT2D eigenvalue weighted by atomic mass is 32.2. The van der Waals surface area contributed by atoms with E-state index in [9.17, 15) is 18.4 Å². The van der Waals surface area contributed by atoms with Crippen molar-refractivity contribution in [3.63, 3.8) is 0 Å². The lowest BCUT2D eigenvalue weighted by Gasteiger charge is -2.16. The molecule has 9 heteroatoms. The second-order valence-electron chi connectivity index (χ2n) is 8.10. The average Bonchev–Trinajstić information content (AvgIpc) is 3.45. The number of carbonyl (C=O) groups is 1. The Balaban J connectivity index is 1.40. The van der Waals surface area contributed by atoms with E-state index < -0.39 is 16.1 Å². The van der Waals surface area contributed by atoms with Crippen LogP contribution in [0.2, 0.25) is 0 Å². The van der Waals surface area contributed by atoms with E-state index in [2.05, 4.69) is 21.3 Å². The van der Waals surface area contributed by atoms with E-state index in [1.165, 1.54) is 17.2 Å². The van der Waals surface area contributed by atoms with Crippen LogP contribution in [0.15, 0.2) is 21.5 Å². The van der Waals surface area contributed by atoms with Gasteiger partial charge in [-0.05, 0) is 86.1 Å². The molecule has 0 atom stereocenters. The molecule has 0 aliphatic heterocycles. The van der Waals surface area contributed by atoms with Crippen molar-refractivity contribution < 1.29 is 18.4 Å². The maximum Gasteiger partial charge on any atom is 0.333 e. The monoisotopic (exact) mass is 445 g/mol. The van der Waals surface area contributed by atoms with Crippen molar-refractivity contribution in [3.8, 4) is 0 Å². The highest BCUT2D eigenvalue weighted by Crippen LogP contribution is 2.38. The number of sulfonamides is 1. The zero-order valence-electron chi connectivity index (χ0n) is 16.5. The molecular weight excluding hydrogens is 422 g/mol.